The van der Waals surface area contributed by atoms with Crippen LogP contribution in [0, 0.1) is 6.92 Å². The molecule has 0 saturated heterocycles. The fourth-order valence-electron chi connectivity index (χ4n) is 2.51. The Kier molecular flexibility index (Phi) is 4.81. The van der Waals surface area contributed by atoms with E-state index in [-0.39, 0.29) is 0 Å². The Bertz CT molecular complexity index is 1010. The summed E-state index contributed by atoms with van der Waals surface area (Å²) >= 11 is 3.16. The molecule has 132 valence electrons. The molecule has 0 aliphatic heterocycles. The van der Waals surface area contributed by atoms with Gasteiger partial charge in [0.2, 0.25) is 11.0 Å². The summed E-state index contributed by atoms with van der Waals surface area (Å²) in [6.07, 6.45) is 1.01. The van der Waals surface area contributed by atoms with E-state index >= 15 is 0 Å². The van der Waals surface area contributed by atoms with Gasteiger partial charge in [0.25, 0.3) is 5.89 Å². The SMILES string of the molecule is CCc1sc(-c2nnc(CSc3nnnn3-c3ccccc3)o2)cc1C. The van der Waals surface area contributed by atoms with Gasteiger partial charge in [-0.05, 0) is 47.5 Å². The summed E-state index contributed by atoms with van der Waals surface area (Å²) in [7, 11) is 0. The van der Waals surface area contributed by atoms with Crippen molar-refractivity contribution in [1.82, 2.24) is 30.4 Å². The van der Waals surface area contributed by atoms with Crippen LogP contribution in [0.25, 0.3) is 16.5 Å². The largest absolute Gasteiger partial charge is 0.419 e. The number of tetrazole rings is 1. The van der Waals surface area contributed by atoms with Crippen molar-refractivity contribution in [3.05, 3.63) is 52.7 Å². The number of thioether (sulfide) groups is 1. The third-order valence-electron chi connectivity index (χ3n) is 3.79. The normalized spacial score (nSPS) is 11.2. The van der Waals surface area contributed by atoms with E-state index in [0.29, 0.717) is 22.7 Å². The van der Waals surface area contributed by atoms with Gasteiger partial charge in [-0.25, -0.2) is 0 Å². The lowest BCUT2D eigenvalue weighted by Crippen LogP contribution is -1.98. The molecule has 0 saturated carbocycles. The van der Waals surface area contributed by atoms with E-state index in [9.17, 15) is 0 Å². The number of thiophene rings is 1. The van der Waals surface area contributed by atoms with Crippen LogP contribution >= 0.6 is 23.1 Å². The first-order valence-corrected chi connectivity index (χ1v) is 9.93. The standard InChI is InChI=1S/C17H16N6OS2/c1-3-13-11(2)9-14(26-13)16-19-18-15(24-16)10-25-17-20-21-22-23(17)12-7-5-4-6-8-12/h4-9H,3,10H2,1-2H3. The van der Waals surface area contributed by atoms with Gasteiger partial charge in [0, 0.05) is 4.88 Å². The van der Waals surface area contributed by atoms with E-state index in [1.165, 1.54) is 22.2 Å². The third kappa shape index (κ3) is 3.40. The topological polar surface area (TPSA) is 82.5 Å². The monoisotopic (exact) mass is 384 g/mol. The van der Waals surface area contributed by atoms with Crippen molar-refractivity contribution in [1.29, 1.82) is 0 Å². The van der Waals surface area contributed by atoms with Gasteiger partial charge >= 0.3 is 0 Å². The van der Waals surface area contributed by atoms with Crippen LogP contribution in [-0.4, -0.2) is 30.4 Å². The van der Waals surface area contributed by atoms with Gasteiger partial charge in [0.05, 0.1) is 16.3 Å². The maximum atomic E-state index is 5.82. The molecule has 0 fully saturated rings. The third-order valence-corrected chi connectivity index (χ3v) is 6.06. The number of aryl methyl sites for hydroxylation is 2. The van der Waals surface area contributed by atoms with Crippen LogP contribution in [0.2, 0.25) is 0 Å². The molecule has 0 amide bonds. The highest BCUT2D eigenvalue weighted by atomic mass is 32.2. The van der Waals surface area contributed by atoms with Gasteiger partial charge < -0.3 is 4.42 Å². The van der Waals surface area contributed by atoms with Crippen molar-refractivity contribution in [2.75, 3.05) is 0 Å². The molecule has 1 aromatic carbocycles. The van der Waals surface area contributed by atoms with Crippen molar-refractivity contribution >= 4 is 23.1 Å². The maximum Gasteiger partial charge on any atom is 0.257 e. The fraction of sp³-hybridized carbons (Fsp3) is 0.235. The first-order valence-electron chi connectivity index (χ1n) is 8.13. The second kappa shape index (κ2) is 7.38. The molecule has 0 spiro atoms. The smallest absolute Gasteiger partial charge is 0.257 e. The summed E-state index contributed by atoms with van der Waals surface area (Å²) < 4.78 is 7.51. The fourth-order valence-corrected chi connectivity index (χ4v) is 4.28. The first kappa shape index (κ1) is 16.9. The molecule has 9 heteroatoms. The Morgan fingerprint density at radius 2 is 2.00 bits per heavy atom. The van der Waals surface area contributed by atoms with Crippen molar-refractivity contribution in [2.45, 2.75) is 31.2 Å². The summed E-state index contributed by atoms with van der Waals surface area (Å²) in [5, 5.41) is 20.9. The van der Waals surface area contributed by atoms with Crippen LogP contribution < -0.4 is 0 Å². The molecule has 0 N–H and O–H groups in total. The van der Waals surface area contributed by atoms with E-state index in [4.69, 9.17) is 4.42 Å². The zero-order chi connectivity index (χ0) is 17.9. The number of hydrogen-bond donors (Lipinski definition) is 0. The van der Waals surface area contributed by atoms with Gasteiger partial charge in [0.15, 0.2) is 0 Å². The number of nitrogens with zero attached hydrogens (tertiary/aromatic N) is 6. The minimum atomic E-state index is 0.505. The molecule has 0 unspecified atom stereocenters. The van der Waals surface area contributed by atoms with Gasteiger partial charge in [-0.15, -0.1) is 26.6 Å². The number of rotatable bonds is 6. The predicted octanol–water partition coefficient (Wildman–Crippen LogP) is 3.94. The van der Waals surface area contributed by atoms with E-state index in [0.717, 1.165) is 17.0 Å². The molecule has 0 aliphatic rings. The average Bonchev–Trinajstić information content (AvgIpc) is 3.40. The highest BCUT2D eigenvalue weighted by Gasteiger charge is 2.15. The van der Waals surface area contributed by atoms with Crippen LogP contribution in [0.4, 0.5) is 0 Å². The van der Waals surface area contributed by atoms with Gasteiger partial charge in [-0.3, -0.25) is 0 Å². The lowest BCUT2D eigenvalue weighted by Gasteiger charge is -2.02. The highest BCUT2D eigenvalue weighted by molar-refractivity contribution is 7.98. The molecule has 0 aliphatic carbocycles. The molecular formula is C17H16N6OS2. The van der Waals surface area contributed by atoms with Crippen LogP contribution in [0.15, 0.2) is 46.0 Å². The lowest BCUT2D eigenvalue weighted by molar-refractivity contribution is 0.529. The van der Waals surface area contributed by atoms with Crippen molar-refractivity contribution in [3.8, 4) is 16.5 Å². The van der Waals surface area contributed by atoms with Crippen molar-refractivity contribution < 1.29 is 4.42 Å². The van der Waals surface area contributed by atoms with Crippen LogP contribution in [-0.2, 0) is 12.2 Å². The van der Waals surface area contributed by atoms with Gasteiger partial charge in [-0.1, -0.05) is 36.9 Å². The summed E-state index contributed by atoms with van der Waals surface area (Å²) in [4.78, 5) is 2.35. The summed E-state index contributed by atoms with van der Waals surface area (Å²) in [5.74, 6) is 1.62. The molecule has 0 bridgehead atoms. The molecule has 26 heavy (non-hydrogen) atoms. The molecule has 3 aromatic heterocycles. The van der Waals surface area contributed by atoms with Crippen LogP contribution in [0.1, 0.15) is 23.3 Å². The second-order valence-electron chi connectivity index (χ2n) is 5.57. The van der Waals surface area contributed by atoms with E-state index in [1.807, 2.05) is 30.3 Å². The second-order valence-corrected chi connectivity index (χ2v) is 7.65. The summed E-state index contributed by atoms with van der Waals surface area (Å²) in [6.45, 7) is 4.25. The molecule has 0 atom stereocenters. The Morgan fingerprint density at radius 3 is 2.77 bits per heavy atom. The first-order chi connectivity index (χ1) is 12.7. The Hall–Kier alpha value is -2.52. The average molecular weight is 384 g/mol. The zero-order valence-corrected chi connectivity index (χ0v) is 15.9. The zero-order valence-electron chi connectivity index (χ0n) is 14.3. The quantitative estimate of drug-likeness (QED) is 0.466. The number of aromatic nitrogens is 6. The summed E-state index contributed by atoms with van der Waals surface area (Å²) in [5.41, 5.74) is 2.18. The van der Waals surface area contributed by atoms with Crippen molar-refractivity contribution in [2.24, 2.45) is 0 Å². The van der Waals surface area contributed by atoms with Gasteiger partial charge in [0.1, 0.15) is 0 Å². The van der Waals surface area contributed by atoms with Crippen LogP contribution in [0.5, 0.6) is 0 Å². The lowest BCUT2D eigenvalue weighted by atomic mass is 10.2. The predicted molar refractivity (Wildman–Crippen MR) is 100 cm³/mol. The van der Waals surface area contributed by atoms with Crippen LogP contribution in [0.3, 0.4) is 0 Å². The maximum absolute atomic E-state index is 5.82. The molecule has 3 heterocycles. The van der Waals surface area contributed by atoms with E-state index in [1.54, 1.807) is 16.0 Å². The molecule has 7 nitrogen and oxygen atoms in total. The minimum absolute atomic E-state index is 0.505. The molecule has 4 rings (SSSR count). The molecule has 4 aromatic rings. The van der Waals surface area contributed by atoms with Crippen molar-refractivity contribution in [3.63, 3.8) is 0 Å². The number of para-hydroxylation sites is 1. The van der Waals surface area contributed by atoms with Gasteiger partial charge in [-0.2, -0.15) is 4.68 Å². The summed E-state index contributed by atoms with van der Waals surface area (Å²) in [6, 6.07) is 11.9. The Balaban J connectivity index is 1.48. The highest BCUT2D eigenvalue weighted by Crippen LogP contribution is 2.31. The number of benzene rings is 1. The van der Waals surface area contributed by atoms with E-state index < -0.39 is 0 Å². The number of hydrogen-bond acceptors (Lipinski definition) is 8. The Morgan fingerprint density at radius 1 is 1.15 bits per heavy atom. The molecular weight excluding hydrogens is 368 g/mol. The Labute approximate surface area is 158 Å². The van der Waals surface area contributed by atoms with E-state index in [2.05, 4.69) is 45.6 Å². The minimum Gasteiger partial charge on any atom is -0.419 e. The molecule has 0 radical (unpaired) electrons.